The van der Waals surface area contributed by atoms with Crippen LogP contribution in [0, 0.1) is 0 Å². The van der Waals surface area contributed by atoms with Gasteiger partial charge in [-0.25, -0.2) is 8.42 Å². The molecule has 0 N–H and O–H groups in total. The van der Waals surface area contributed by atoms with Gasteiger partial charge in [0, 0.05) is 36.1 Å². The Morgan fingerprint density at radius 2 is 1.83 bits per heavy atom. The van der Waals surface area contributed by atoms with Crippen LogP contribution in [0.1, 0.15) is 55.1 Å². The standard InChI is InChI=1S/C23H31N3O3S/c1-3-25(4-2)12-13-26(18-11-14-30(28,29)16-18)23(27)20-15-22(17-9-10-17)24-21-8-6-5-7-19(20)21/h5-8,15,17-18H,3-4,9-14,16H2,1-2H3. The molecule has 1 atom stereocenters. The van der Waals surface area contributed by atoms with Crippen molar-refractivity contribution in [3.8, 4) is 0 Å². The van der Waals surface area contributed by atoms with Gasteiger partial charge in [0.15, 0.2) is 9.84 Å². The minimum absolute atomic E-state index is 0.0650. The molecule has 2 aromatic rings. The summed E-state index contributed by atoms with van der Waals surface area (Å²) < 4.78 is 24.3. The maximum Gasteiger partial charge on any atom is 0.254 e. The van der Waals surface area contributed by atoms with E-state index in [1.54, 1.807) is 0 Å². The van der Waals surface area contributed by atoms with Gasteiger partial charge in [-0.2, -0.15) is 0 Å². The molecule has 162 valence electrons. The Morgan fingerprint density at radius 3 is 2.47 bits per heavy atom. The van der Waals surface area contributed by atoms with Crippen molar-refractivity contribution in [3.05, 3.63) is 41.6 Å². The van der Waals surface area contributed by atoms with E-state index >= 15 is 0 Å². The molecule has 1 unspecified atom stereocenters. The molecule has 1 aliphatic heterocycles. The van der Waals surface area contributed by atoms with Gasteiger partial charge >= 0.3 is 0 Å². The van der Waals surface area contributed by atoms with Crippen LogP contribution in [-0.4, -0.2) is 72.8 Å². The average Bonchev–Trinajstić information content (AvgIpc) is 3.53. The van der Waals surface area contributed by atoms with Crippen LogP contribution in [0.5, 0.6) is 0 Å². The maximum absolute atomic E-state index is 13.8. The number of aromatic nitrogens is 1. The van der Waals surface area contributed by atoms with Crippen molar-refractivity contribution in [2.75, 3.05) is 37.7 Å². The van der Waals surface area contributed by atoms with Crippen molar-refractivity contribution in [2.45, 2.75) is 45.1 Å². The Bertz CT molecular complexity index is 1030. The Morgan fingerprint density at radius 1 is 1.10 bits per heavy atom. The number of hydrogen-bond acceptors (Lipinski definition) is 5. The van der Waals surface area contributed by atoms with Gasteiger partial charge < -0.3 is 9.80 Å². The van der Waals surface area contributed by atoms with Crippen molar-refractivity contribution < 1.29 is 13.2 Å². The monoisotopic (exact) mass is 429 g/mol. The fourth-order valence-corrected chi connectivity index (χ4v) is 6.11. The SMILES string of the molecule is CCN(CC)CCN(C(=O)c1cc(C2CC2)nc2ccccc12)C1CCS(=O)(=O)C1. The zero-order valence-corrected chi connectivity index (χ0v) is 18.7. The summed E-state index contributed by atoms with van der Waals surface area (Å²) >= 11 is 0. The lowest BCUT2D eigenvalue weighted by molar-refractivity contribution is 0.0676. The zero-order valence-electron chi connectivity index (χ0n) is 17.9. The number of pyridine rings is 1. The van der Waals surface area contributed by atoms with Gasteiger partial charge in [0.2, 0.25) is 0 Å². The molecule has 4 rings (SSSR count). The number of benzene rings is 1. The van der Waals surface area contributed by atoms with E-state index in [2.05, 4.69) is 18.7 Å². The van der Waals surface area contributed by atoms with E-state index in [1.165, 1.54) is 0 Å². The third-order valence-corrected chi connectivity index (χ3v) is 8.17. The lowest BCUT2D eigenvalue weighted by atomic mass is 10.0. The third-order valence-electron chi connectivity index (χ3n) is 6.42. The molecule has 6 nitrogen and oxygen atoms in total. The number of para-hydroxylation sites is 1. The van der Waals surface area contributed by atoms with Gasteiger partial charge in [-0.05, 0) is 44.5 Å². The summed E-state index contributed by atoms with van der Waals surface area (Å²) in [7, 11) is -3.08. The Kier molecular flexibility index (Phi) is 6.11. The summed E-state index contributed by atoms with van der Waals surface area (Å²) in [5, 5.41) is 0.848. The van der Waals surface area contributed by atoms with Crippen molar-refractivity contribution in [3.63, 3.8) is 0 Å². The van der Waals surface area contributed by atoms with Gasteiger partial charge in [-0.1, -0.05) is 32.0 Å². The summed E-state index contributed by atoms with van der Waals surface area (Å²) in [5.41, 5.74) is 2.49. The Balaban J connectivity index is 1.70. The van der Waals surface area contributed by atoms with Crippen molar-refractivity contribution >= 4 is 26.6 Å². The summed E-state index contributed by atoms with van der Waals surface area (Å²) in [5.74, 6) is 0.606. The third kappa shape index (κ3) is 4.52. The molecule has 1 saturated heterocycles. The van der Waals surface area contributed by atoms with Crippen LogP contribution in [0.4, 0.5) is 0 Å². The van der Waals surface area contributed by atoms with Crippen LogP contribution in [0.3, 0.4) is 0 Å². The summed E-state index contributed by atoms with van der Waals surface area (Å²) in [6, 6.07) is 9.48. The molecule has 1 aromatic carbocycles. The van der Waals surface area contributed by atoms with Crippen molar-refractivity contribution in [1.82, 2.24) is 14.8 Å². The van der Waals surface area contributed by atoms with E-state index in [4.69, 9.17) is 4.98 Å². The molecule has 1 aromatic heterocycles. The average molecular weight is 430 g/mol. The maximum atomic E-state index is 13.8. The van der Waals surface area contributed by atoms with Gasteiger partial charge in [0.05, 0.1) is 22.6 Å². The number of sulfone groups is 1. The number of likely N-dealkylation sites (N-methyl/N-ethyl adjacent to an activating group) is 1. The number of carbonyl (C=O) groups is 1. The molecular formula is C23H31N3O3S. The molecule has 1 aliphatic carbocycles. The molecule has 2 heterocycles. The number of carbonyl (C=O) groups excluding carboxylic acids is 1. The second-order valence-corrected chi connectivity index (χ2v) is 10.7. The highest BCUT2D eigenvalue weighted by molar-refractivity contribution is 7.91. The quantitative estimate of drug-likeness (QED) is 0.645. The molecule has 1 saturated carbocycles. The summed E-state index contributed by atoms with van der Waals surface area (Å²) in [6.45, 7) is 7.31. The van der Waals surface area contributed by atoms with Gasteiger partial charge in [-0.15, -0.1) is 0 Å². The first-order valence-electron chi connectivity index (χ1n) is 11.0. The summed E-state index contributed by atoms with van der Waals surface area (Å²) in [6.07, 6.45) is 2.75. The first-order chi connectivity index (χ1) is 14.4. The highest BCUT2D eigenvalue weighted by atomic mass is 32.2. The molecule has 30 heavy (non-hydrogen) atoms. The second kappa shape index (κ2) is 8.63. The van der Waals surface area contributed by atoms with E-state index in [1.807, 2.05) is 35.2 Å². The van der Waals surface area contributed by atoms with E-state index in [-0.39, 0.29) is 23.5 Å². The molecule has 2 fully saturated rings. The number of amides is 1. The smallest absolute Gasteiger partial charge is 0.254 e. The number of hydrogen-bond donors (Lipinski definition) is 0. The highest BCUT2D eigenvalue weighted by Crippen LogP contribution is 2.40. The topological polar surface area (TPSA) is 70.6 Å². The minimum Gasteiger partial charge on any atom is -0.333 e. The van der Waals surface area contributed by atoms with Crippen LogP contribution in [-0.2, 0) is 9.84 Å². The fourth-order valence-electron chi connectivity index (χ4n) is 4.38. The van der Waals surface area contributed by atoms with Crippen LogP contribution >= 0.6 is 0 Å². The van der Waals surface area contributed by atoms with Crippen LogP contribution in [0.25, 0.3) is 10.9 Å². The van der Waals surface area contributed by atoms with Gasteiger partial charge in [0.1, 0.15) is 0 Å². The predicted molar refractivity (Wildman–Crippen MR) is 120 cm³/mol. The Labute approximate surface area is 179 Å². The number of fused-ring (bicyclic) bond motifs is 1. The molecule has 0 bridgehead atoms. The summed E-state index contributed by atoms with van der Waals surface area (Å²) in [4.78, 5) is 22.7. The van der Waals surface area contributed by atoms with Gasteiger partial charge in [0.25, 0.3) is 5.91 Å². The fraction of sp³-hybridized carbons (Fsp3) is 0.565. The first kappa shape index (κ1) is 21.2. The van der Waals surface area contributed by atoms with Crippen LogP contribution in [0.2, 0.25) is 0 Å². The number of nitrogens with zero attached hydrogens (tertiary/aromatic N) is 3. The van der Waals surface area contributed by atoms with E-state index in [0.29, 0.717) is 24.4 Å². The van der Waals surface area contributed by atoms with Crippen molar-refractivity contribution in [2.24, 2.45) is 0 Å². The van der Waals surface area contributed by atoms with Crippen LogP contribution < -0.4 is 0 Å². The van der Waals surface area contributed by atoms with Gasteiger partial charge in [-0.3, -0.25) is 9.78 Å². The molecular weight excluding hydrogens is 398 g/mol. The van der Waals surface area contributed by atoms with E-state index in [0.717, 1.165) is 49.1 Å². The minimum atomic E-state index is -3.08. The normalized spacial score (nSPS) is 20.7. The molecule has 0 radical (unpaired) electrons. The van der Waals surface area contributed by atoms with E-state index < -0.39 is 9.84 Å². The largest absolute Gasteiger partial charge is 0.333 e. The van der Waals surface area contributed by atoms with E-state index in [9.17, 15) is 13.2 Å². The molecule has 7 heteroatoms. The molecule has 1 amide bonds. The lowest BCUT2D eigenvalue weighted by Crippen LogP contribution is -2.45. The molecule has 0 spiro atoms. The predicted octanol–water partition coefficient (Wildman–Crippen LogP) is 3.08. The van der Waals surface area contributed by atoms with Crippen LogP contribution in [0.15, 0.2) is 30.3 Å². The molecule has 2 aliphatic rings. The number of rotatable bonds is 8. The van der Waals surface area contributed by atoms with Crippen molar-refractivity contribution in [1.29, 1.82) is 0 Å². The Hall–Kier alpha value is -1.99. The lowest BCUT2D eigenvalue weighted by Gasteiger charge is -2.31. The second-order valence-electron chi connectivity index (χ2n) is 8.47. The first-order valence-corrected chi connectivity index (χ1v) is 12.9. The zero-order chi connectivity index (χ0) is 21.3. The highest BCUT2D eigenvalue weighted by Gasteiger charge is 2.36.